The van der Waals surface area contributed by atoms with Crippen molar-refractivity contribution in [3.8, 4) is 0 Å². The van der Waals surface area contributed by atoms with Crippen molar-refractivity contribution >= 4 is 23.0 Å². The maximum Gasteiger partial charge on any atom is 0.418 e. The van der Waals surface area contributed by atoms with Crippen LogP contribution in [0.25, 0.3) is 0 Å². The van der Waals surface area contributed by atoms with Crippen molar-refractivity contribution in [2.24, 2.45) is 5.92 Å². The number of nitrogens with zero attached hydrogens (tertiary/aromatic N) is 4. The Morgan fingerprint density at radius 2 is 1.48 bits per heavy atom. The fraction of sp³-hybridized carbons (Fsp3) is 0.250. The lowest BCUT2D eigenvalue weighted by atomic mass is 9.67. The zero-order valence-electron chi connectivity index (χ0n) is 17.1. The SMILES string of the molecule is C=CC1(C)c2ccccc2N2c3nccnc3N(c3ccccc3C(F)(F)F)C2C1C. The summed E-state index contributed by atoms with van der Waals surface area (Å²) in [5.41, 5.74) is 0.894. The first kappa shape index (κ1) is 19.6. The summed E-state index contributed by atoms with van der Waals surface area (Å²) in [5.74, 6) is 0.853. The molecule has 0 saturated heterocycles. The van der Waals surface area contributed by atoms with E-state index in [4.69, 9.17) is 0 Å². The molecule has 3 atom stereocenters. The molecule has 0 fully saturated rings. The fourth-order valence-electron chi connectivity index (χ4n) is 4.90. The van der Waals surface area contributed by atoms with E-state index in [1.54, 1.807) is 17.2 Å². The van der Waals surface area contributed by atoms with Crippen LogP contribution in [0.15, 0.2) is 73.6 Å². The van der Waals surface area contributed by atoms with Crippen LogP contribution >= 0.6 is 0 Å². The van der Waals surface area contributed by atoms with Crippen LogP contribution in [0.3, 0.4) is 0 Å². The van der Waals surface area contributed by atoms with Crippen molar-refractivity contribution in [3.05, 3.63) is 84.7 Å². The van der Waals surface area contributed by atoms with Gasteiger partial charge in [-0.05, 0) is 23.8 Å². The van der Waals surface area contributed by atoms with E-state index >= 15 is 0 Å². The topological polar surface area (TPSA) is 32.3 Å². The lowest BCUT2D eigenvalue weighted by Gasteiger charge is -2.49. The normalized spacial score (nSPS) is 24.4. The molecule has 5 rings (SSSR count). The molecule has 3 heterocycles. The first-order valence-electron chi connectivity index (χ1n) is 10.1. The Kier molecular flexibility index (Phi) is 4.16. The second kappa shape index (κ2) is 6.57. The Labute approximate surface area is 178 Å². The molecule has 4 nitrogen and oxygen atoms in total. The molecule has 7 heteroatoms. The van der Waals surface area contributed by atoms with Crippen LogP contribution in [0.5, 0.6) is 0 Å². The van der Waals surface area contributed by atoms with E-state index in [0.29, 0.717) is 11.6 Å². The predicted octanol–water partition coefficient (Wildman–Crippen LogP) is 6.20. The highest BCUT2D eigenvalue weighted by atomic mass is 19.4. The summed E-state index contributed by atoms with van der Waals surface area (Å²) in [6.07, 6.45) is 0.0434. The number of hydrogen-bond donors (Lipinski definition) is 0. The molecule has 3 aromatic rings. The molecule has 158 valence electrons. The number of fused-ring (bicyclic) bond motifs is 5. The monoisotopic (exact) mass is 422 g/mol. The van der Waals surface area contributed by atoms with Crippen molar-refractivity contribution in [1.29, 1.82) is 0 Å². The maximum atomic E-state index is 14.0. The van der Waals surface area contributed by atoms with Gasteiger partial charge in [0.25, 0.3) is 0 Å². The molecule has 0 spiro atoms. The maximum absolute atomic E-state index is 14.0. The predicted molar refractivity (Wildman–Crippen MR) is 115 cm³/mol. The molecule has 2 aliphatic rings. The fourth-order valence-corrected chi connectivity index (χ4v) is 4.90. The highest BCUT2D eigenvalue weighted by molar-refractivity contribution is 5.87. The van der Waals surface area contributed by atoms with E-state index < -0.39 is 23.3 Å². The summed E-state index contributed by atoms with van der Waals surface area (Å²) >= 11 is 0. The van der Waals surface area contributed by atoms with Crippen molar-refractivity contribution < 1.29 is 13.2 Å². The van der Waals surface area contributed by atoms with E-state index in [0.717, 1.165) is 17.3 Å². The number of alkyl halides is 3. The Balaban J connectivity index is 1.82. The molecular formula is C24H21F3N4. The summed E-state index contributed by atoms with van der Waals surface area (Å²) in [7, 11) is 0. The van der Waals surface area contributed by atoms with Crippen molar-refractivity contribution in [2.45, 2.75) is 31.6 Å². The molecule has 3 unspecified atom stereocenters. The molecule has 0 aliphatic carbocycles. The summed E-state index contributed by atoms with van der Waals surface area (Å²) in [6.45, 7) is 8.20. The second-order valence-electron chi connectivity index (χ2n) is 8.16. The van der Waals surface area contributed by atoms with Crippen LogP contribution in [-0.2, 0) is 11.6 Å². The summed E-state index contributed by atoms with van der Waals surface area (Å²) < 4.78 is 41.9. The van der Waals surface area contributed by atoms with Crippen LogP contribution in [0.2, 0.25) is 0 Å². The number of hydrogen-bond acceptors (Lipinski definition) is 4. The van der Waals surface area contributed by atoms with Gasteiger partial charge in [0.2, 0.25) is 0 Å². The summed E-state index contributed by atoms with van der Waals surface area (Å²) in [6, 6.07) is 13.6. The number of rotatable bonds is 2. The van der Waals surface area contributed by atoms with Gasteiger partial charge in [-0.15, -0.1) is 6.58 Å². The van der Waals surface area contributed by atoms with Gasteiger partial charge in [-0.1, -0.05) is 50.3 Å². The lowest BCUT2D eigenvalue weighted by molar-refractivity contribution is -0.137. The molecule has 31 heavy (non-hydrogen) atoms. The third kappa shape index (κ3) is 2.62. The molecule has 0 radical (unpaired) electrons. The molecule has 0 bridgehead atoms. The van der Waals surface area contributed by atoms with Crippen LogP contribution in [0.1, 0.15) is 25.0 Å². The lowest BCUT2D eigenvalue weighted by Crippen LogP contribution is -2.54. The van der Waals surface area contributed by atoms with Gasteiger partial charge >= 0.3 is 6.18 Å². The second-order valence-corrected chi connectivity index (χ2v) is 8.16. The number of anilines is 4. The van der Waals surface area contributed by atoms with Gasteiger partial charge in [-0.3, -0.25) is 0 Å². The summed E-state index contributed by atoms with van der Waals surface area (Å²) in [5, 5.41) is 0. The quantitative estimate of drug-likeness (QED) is 0.460. The third-order valence-electron chi connectivity index (χ3n) is 6.68. The molecule has 0 amide bonds. The van der Waals surface area contributed by atoms with E-state index in [1.165, 1.54) is 18.3 Å². The van der Waals surface area contributed by atoms with Crippen LogP contribution in [0.4, 0.5) is 36.2 Å². The molecule has 0 N–H and O–H groups in total. The standard InChI is InChI=1S/C24H21F3N4/c1-4-23(3)15(2)22-30(18-11-7-5-9-16(18)23)20-21(29-14-13-28-20)31(22)19-12-8-6-10-17(19)24(25,26)27/h4-15,22H,1H2,2-3H3. The van der Waals surface area contributed by atoms with Gasteiger partial charge in [0.1, 0.15) is 6.17 Å². The smallest absolute Gasteiger partial charge is 0.301 e. The average molecular weight is 422 g/mol. The van der Waals surface area contributed by atoms with Gasteiger partial charge in [0.15, 0.2) is 11.6 Å². The molecular weight excluding hydrogens is 401 g/mol. The number of para-hydroxylation sites is 2. The number of halogens is 3. The van der Waals surface area contributed by atoms with Gasteiger partial charge in [0.05, 0.1) is 11.3 Å². The molecule has 2 aromatic carbocycles. The number of benzene rings is 2. The largest absolute Gasteiger partial charge is 0.418 e. The third-order valence-corrected chi connectivity index (χ3v) is 6.68. The zero-order chi connectivity index (χ0) is 22.0. The molecule has 1 aromatic heterocycles. The van der Waals surface area contributed by atoms with E-state index in [-0.39, 0.29) is 11.6 Å². The highest BCUT2D eigenvalue weighted by Crippen LogP contribution is 2.57. The van der Waals surface area contributed by atoms with Crippen LogP contribution < -0.4 is 9.80 Å². The van der Waals surface area contributed by atoms with Gasteiger partial charge in [-0.2, -0.15) is 13.2 Å². The average Bonchev–Trinajstić information content (AvgIpc) is 3.12. The Bertz CT molecular complexity index is 1180. The first-order chi connectivity index (χ1) is 14.8. The minimum absolute atomic E-state index is 0.0712. The Morgan fingerprint density at radius 1 is 0.935 bits per heavy atom. The van der Waals surface area contributed by atoms with E-state index in [1.807, 2.05) is 42.2 Å². The van der Waals surface area contributed by atoms with Gasteiger partial charge in [-0.25, -0.2) is 9.97 Å². The van der Waals surface area contributed by atoms with E-state index in [9.17, 15) is 13.2 Å². The minimum atomic E-state index is -4.50. The first-order valence-corrected chi connectivity index (χ1v) is 10.1. The highest BCUT2D eigenvalue weighted by Gasteiger charge is 2.54. The Hall–Kier alpha value is -3.35. The minimum Gasteiger partial charge on any atom is -0.301 e. The number of allylic oxidation sites excluding steroid dienone is 1. The van der Waals surface area contributed by atoms with Crippen LogP contribution in [-0.4, -0.2) is 16.1 Å². The van der Waals surface area contributed by atoms with Gasteiger partial charge in [0, 0.05) is 29.4 Å². The molecule has 0 saturated carbocycles. The number of aromatic nitrogens is 2. The van der Waals surface area contributed by atoms with Crippen molar-refractivity contribution in [3.63, 3.8) is 0 Å². The van der Waals surface area contributed by atoms with E-state index in [2.05, 4.69) is 23.5 Å². The Morgan fingerprint density at radius 3 is 2.10 bits per heavy atom. The van der Waals surface area contributed by atoms with Crippen LogP contribution in [0, 0.1) is 5.92 Å². The van der Waals surface area contributed by atoms with Crippen molar-refractivity contribution in [1.82, 2.24) is 9.97 Å². The zero-order valence-corrected chi connectivity index (χ0v) is 17.1. The van der Waals surface area contributed by atoms with Gasteiger partial charge < -0.3 is 9.80 Å². The summed E-state index contributed by atoms with van der Waals surface area (Å²) in [4.78, 5) is 12.7. The molecule has 2 aliphatic heterocycles. The van der Waals surface area contributed by atoms with Crippen molar-refractivity contribution in [2.75, 3.05) is 9.80 Å².